The maximum absolute atomic E-state index is 12.6. The number of aromatic nitrogens is 1. The van der Waals surface area contributed by atoms with Crippen LogP contribution in [0.2, 0.25) is 0 Å². The van der Waals surface area contributed by atoms with Crippen LogP contribution in [0.25, 0.3) is 11.1 Å². The monoisotopic (exact) mass is 241 g/mol. The van der Waals surface area contributed by atoms with Gasteiger partial charge in [-0.3, -0.25) is 0 Å². The van der Waals surface area contributed by atoms with E-state index in [1.165, 1.54) is 12.1 Å². The summed E-state index contributed by atoms with van der Waals surface area (Å²) in [5.74, 6) is -0.253. The quantitative estimate of drug-likeness (QED) is 0.767. The zero-order valence-corrected chi connectivity index (χ0v) is 8.08. The van der Waals surface area contributed by atoms with Gasteiger partial charge in [-0.2, -0.15) is 0 Å². The van der Waals surface area contributed by atoms with Crippen LogP contribution in [0, 0.1) is 5.82 Å². The molecule has 1 aromatic carbocycles. The molecule has 2 aromatic rings. The second kappa shape index (κ2) is 3.30. The molecule has 0 unspecified atom stereocenters. The third-order valence-electron chi connectivity index (χ3n) is 1.68. The van der Waals surface area contributed by atoms with Gasteiger partial charge in [0.2, 0.25) is 4.67 Å². The molecule has 0 amide bonds. The molecule has 0 spiro atoms. The number of hydrogen-bond donors (Lipinski definition) is 0. The number of benzene rings is 1. The summed E-state index contributed by atoms with van der Waals surface area (Å²) in [6, 6.07) is 6.14. The molecule has 0 aliphatic heterocycles. The van der Waals surface area contributed by atoms with Gasteiger partial charge in [0.15, 0.2) is 0 Å². The number of halogens is 2. The van der Waals surface area contributed by atoms with Crippen molar-refractivity contribution >= 4 is 15.9 Å². The Kier molecular flexibility index (Phi) is 2.14. The Labute approximate surface area is 82.5 Å². The lowest BCUT2D eigenvalue weighted by Gasteiger charge is -1.95. The van der Waals surface area contributed by atoms with Gasteiger partial charge in [0, 0.05) is 0 Å². The first kappa shape index (κ1) is 8.44. The maximum Gasteiger partial charge on any atom is 0.209 e. The highest BCUT2D eigenvalue weighted by Crippen LogP contribution is 2.27. The van der Waals surface area contributed by atoms with Gasteiger partial charge in [-0.1, -0.05) is 17.3 Å². The number of hydrogen-bond acceptors (Lipinski definition) is 2. The van der Waals surface area contributed by atoms with Gasteiger partial charge in [-0.15, -0.1) is 0 Å². The molecule has 0 aliphatic rings. The molecule has 1 heterocycles. The molecular weight excluding hydrogens is 237 g/mol. The molecule has 0 aliphatic carbocycles. The largest absolute Gasteiger partial charge is 0.349 e. The molecule has 1 aromatic heterocycles. The van der Waals surface area contributed by atoms with E-state index in [0.29, 0.717) is 4.67 Å². The summed E-state index contributed by atoms with van der Waals surface area (Å²) in [7, 11) is 0. The van der Waals surface area contributed by atoms with Crippen molar-refractivity contribution in [2.45, 2.75) is 0 Å². The van der Waals surface area contributed by atoms with Gasteiger partial charge < -0.3 is 4.52 Å². The SMILES string of the molecule is Fc1ccc(-c2cnoc2Br)cc1. The Morgan fingerprint density at radius 2 is 1.92 bits per heavy atom. The van der Waals surface area contributed by atoms with Crippen LogP contribution in [0.3, 0.4) is 0 Å². The summed E-state index contributed by atoms with van der Waals surface area (Å²) in [5, 5.41) is 3.60. The van der Waals surface area contributed by atoms with E-state index < -0.39 is 0 Å². The van der Waals surface area contributed by atoms with E-state index in [-0.39, 0.29) is 5.82 Å². The first-order chi connectivity index (χ1) is 6.27. The van der Waals surface area contributed by atoms with E-state index in [0.717, 1.165) is 11.1 Å². The zero-order chi connectivity index (χ0) is 9.26. The molecule has 2 nitrogen and oxygen atoms in total. The predicted octanol–water partition coefficient (Wildman–Crippen LogP) is 3.24. The minimum atomic E-state index is -0.253. The Balaban J connectivity index is 2.47. The summed E-state index contributed by atoms with van der Waals surface area (Å²) >= 11 is 3.20. The van der Waals surface area contributed by atoms with Crippen molar-refractivity contribution in [3.05, 3.63) is 40.9 Å². The van der Waals surface area contributed by atoms with Crippen molar-refractivity contribution in [3.63, 3.8) is 0 Å². The fourth-order valence-electron chi connectivity index (χ4n) is 1.04. The summed E-state index contributed by atoms with van der Waals surface area (Å²) in [6.45, 7) is 0. The minimum Gasteiger partial charge on any atom is -0.349 e. The lowest BCUT2D eigenvalue weighted by molar-refractivity contribution is 0.400. The molecule has 0 N–H and O–H groups in total. The first-order valence-corrected chi connectivity index (χ1v) is 4.43. The van der Waals surface area contributed by atoms with Gasteiger partial charge in [0.05, 0.1) is 11.8 Å². The van der Waals surface area contributed by atoms with Crippen LogP contribution in [0.15, 0.2) is 39.7 Å². The lowest BCUT2D eigenvalue weighted by atomic mass is 10.1. The van der Waals surface area contributed by atoms with Gasteiger partial charge >= 0.3 is 0 Å². The van der Waals surface area contributed by atoms with Gasteiger partial charge in [0.1, 0.15) is 5.82 Å². The van der Waals surface area contributed by atoms with E-state index in [4.69, 9.17) is 4.52 Å². The van der Waals surface area contributed by atoms with Gasteiger partial charge in [-0.25, -0.2) is 4.39 Å². The van der Waals surface area contributed by atoms with Crippen LogP contribution in [-0.4, -0.2) is 5.16 Å². The van der Waals surface area contributed by atoms with Crippen LogP contribution < -0.4 is 0 Å². The van der Waals surface area contributed by atoms with E-state index in [1.54, 1.807) is 18.3 Å². The van der Waals surface area contributed by atoms with Crippen molar-refractivity contribution in [2.75, 3.05) is 0 Å². The Morgan fingerprint density at radius 3 is 2.46 bits per heavy atom. The van der Waals surface area contributed by atoms with Crippen molar-refractivity contribution in [2.24, 2.45) is 0 Å². The number of rotatable bonds is 1. The third-order valence-corrected chi connectivity index (χ3v) is 2.25. The molecule has 4 heteroatoms. The second-order valence-corrected chi connectivity index (χ2v) is 3.24. The molecule has 0 fully saturated rings. The number of nitrogens with zero attached hydrogens (tertiary/aromatic N) is 1. The van der Waals surface area contributed by atoms with Gasteiger partial charge in [-0.05, 0) is 33.6 Å². The molecule has 13 heavy (non-hydrogen) atoms. The minimum absolute atomic E-state index is 0.253. The average molecular weight is 242 g/mol. The zero-order valence-electron chi connectivity index (χ0n) is 6.50. The van der Waals surface area contributed by atoms with Crippen LogP contribution in [0.4, 0.5) is 4.39 Å². The fraction of sp³-hybridized carbons (Fsp3) is 0. The Bertz CT molecular complexity index is 410. The fourth-order valence-corrected chi connectivity index (χ4v) is 1.46. The van der Waals surface area contributed by atoms with Crippen molar-refractivity contribution in [1.29, 1.82) is 0 Å². The highest BCUT2D eigenvalue weighted by molar-refractivity contribution is 9.10. The topological polar surface area (TPSA) is 26.0 Å². The highest BCUT2D eigenvalue weighted by Gasteiger charge is 2.06. The summed E-state index contributed by atoms with van der Waals surface area (Å²) in [4.78, 5) is 0. The highest BCUT2D eigenvalue weighted by atomic mass is 79.9. The maximum atomic E-state index is 12.6. The molecular formula is C9H5BrFNO. The van der Waals surface area contributed by atoms with Crippen LogP contribution in [0.5, 0.6) is 0 Å². The van der Waals surface area contributed by atoms with Crippen molar-refractivity contribution < 1.29 is 8.91 Å². The summed E-state index contributed by atoms with van der Waals surface area (Å²) in [6.07, 6.45) is 1.58. The van der Waals surface area contributed by atoms with Crippen molar-refractivity contribution in [3.8, 4) is 11.1 Å². The predicted molar refractivity (Wildman–Crippen MR) is 49.6 cm³/mol. The second-order valence-electron chi connectivity index (χ2n) is 2.52. The summed E-state index contributed by atoms with van der Waals surface area (Å²) in [5.41, 5.74) is 1.69. The van der Waals surface area contributed by atoms with Crippen LogP contribution >= 0.6 is 15.9 Å². The van der Waals surface area contributed by atoms with E-state index in [1.807, 2.05) is 0 Å². The van der Waals surface area contributed by atoms with Gasteiger partial charge in [0.25, 0.3) is 0 Å². The standard InChI is InChI=1S/C9H5BrFNO/c10-9-8(5-12-13-9)6-1-3-7(11)4-2-6/h1-5H. The molecule has 2 rings (SSSR count). The Hall–Kier alpha value is -1.16. The molecule has 66 valence electrons. The molecule has 0 saturated heterocycles. The van der Waals surface area contributed by atoms with Crippen LogP contribution in [0.1, 0.15) is 0 Å². The van der Waals surface area contributed by atoms with E-state index in [2.05, 4.69) is 21.1 Å². The van der Waals surface area contributed by atoms with Crippen LogP contribution in [-0.2, 0) is 0 Å². The average Bonchev–Trinajstić information content (AvgIpc) is 2.53. The van der Waals surface area contributed by atoms with E-state index in [9.17, 15) is 4.39 Å². The van der Waals surface area contributed by atoms with E-state index >= 15 is 0 Å². The Morgan fingerprint density at radius 1 is 1.23 bits per heavy atom. The molecule has 0 atom stereocenters. The first-order valence-electron chi connectivity index (χ1n) is 3.63. The smallest absolute Gasteiger partial charge is 0.209 e. The summed E-state index contributed by atoms with van der Waals surface area (Å²) < 4.78 is 18.0. The normalized spacial score (nSPS) is 10.3. The van der Waals surface area contributed by atoms with Crippen molar-refractivity contribution in [1.82, 2.24) is 5.16 Å². The molecule has 0 radical (unpaired) electrons. The molecule has 0 saturated carbocycles. The molecule has 0 bridgehead atoms. The third kappa shape index (κ3) is 1.62. The lowest BCUT2D eigenvalue weighted by Crippen LogP contribution is -1.76.